The third-order valence-electron chi connectivity index (χ3n) is 4.18. The van der Waals surface area contributed by atoms with Gasteiger partial charge in [0.1, 0.15) is 0 Å². The Labute approximate surface area is 149 Å². The van der Waals surface area contributed by atoms with Crippen molar-refractivity contribution in [1.82, 2.24) is 5.32 Å². The minimum absolute atomic E-state index is 0.0280. The van der Waals surface area contributed by atoms with Crippen molar-refractivity contribution >= 4 is 29.1 Å². The number of carbonyl (C=O) groups is 2. The molecule has 0 aliphatic rings. The molecule has 1 aromatic carbocycles. The van der Waals surface area contributed by atoms with Gasteiger partial charge in [-0.25, -0.2) is 0 Å². The number of amides is 2. The summed E-state index contributed by atoms with van der Waals surface area (Å²) in [5.74, 6) is 0.231. The molecule has 1 aromatic rings. The number of anilines is 1. The maximum absolute atomic E-state index is 12.3. The van der Waals surface area contributed by atoms with E-state index in [4.69, 9.17) is 11.6 Å². The molecule has 0 saturated carbocycles. The first kappa shape index (κ1) is 20.5. The molecule has 2 amide bonds. The Morgan fingerprint density at radius 1 is 1.17 bits per heavy atom. The molecular weight excluding hydrogens is 326 g/mol. The molecule has 0 bridgehead atoms. The predicted molar refractivity (Wildman–Crippen MR) is 98.5 cm³/mol. The number of rotatable bonds is 8. The average molecular weight is 355 g/mol. The van der Waals surface area contributed by atoms with Gasteiger partial charge in [0, 0.05) is 16.8 Å². The number of carbonyl (C=O) groups excluding carboxylic acids is 2. The highest BCUT2D eigenvalue weighted by atomic mass is 35.5. The van der Waals surface area contributed by atoms with E-state index >= 15 is 0 Å². The zero-order chi connectivity index (χ0) is 18.3. The molecule has 0 saturated heterocycles. The molecule has 0 aliphatic heterocycles. The number of hydrogen-bond acceptors (Lipinski definition) is 2. The van der Waals surface area contributed by atoms with Gasteiger partial charge in [-0.15, -0.1) is 0 Å². The van der Waals surface area contributed by atoms with Crippen LogP contribution in [-0.4, -0.2) is 37.5 Å². The van der Waals surface area contributed by atoms with Crippen LogP contribution in [0.5, 0.6) is 0 Å². The average Bonchev–Trinajstić information content (AvgIpc) is 2.49. The second-order valence-electron chi connectivity index (χ2n) is 6.56. The van der Waals surface area contributed by atoms with Crippen LogP contribution in [0.3, 0.4) is 0 Å². The van der Waals surface area contributed by atoms with Gasteiger partial charge >= 0.3 is 0 Å². The van der Waals surface area contributed by atoms with Crippen LogP contribution in [-0.2, 0) is 9.59 Å². The smallest absolute Gasteiger partial charge is 0.279 e. The summed E-state index contributed by atoms with van der Waals surface area (Å²) in [7, 11) is 0. The van der Waals surface area contributed by atoms with E-state index in [1.807, 2.05) is 26.8 Å². The van der Waals surface area contributed by atoms with E-state index < -0.39 is 0 Å². The van der Waals surface area contributed by atoms with E-state index in [0.29, 0.717) is 23.2 Å². The van der Waals surface area contributed by atoms with Crippen molar-refractivity contribution in [1.29, 1.82) is 0 Å². The maximum atomic E-state index is 12.3. The van der Waals surface area contributed by atoms with Gasteiger partial charge in [0.15, 0.2) is 13.1 Å². The van der Waals surface area contributed by atoms with Crippen molar-refractivity contribution in [3.05, 3.63) is 28.8 Å². The summed E-state index contributed by atoms with van der Waals surface area (Å²) in [6.45, 7) is 11.2. The first-order chi connectivity index (χ1) is 11.2. The molecule has 3 N–H and O–H groups in total. The van der Waals surface area contributed by atoms with Crippen LogP contribution < -0.4 is 15.5 Å². The van der Waals surface area contributed by atoms with Crippen molar-refractivity contribution < 1.29 is 14.5 Å². The van der Waals surface area contributed by atoms with Crippen molar-refractivity contribution in [2.45, 2.75) is 40.7 Å². The number of benzene rings is 1. The third-order valence-corrected chi connectivity index (χ3v) is 4.42. The van der Waals surface area contributed by atoms with E-state index in [0.717, 1.165) is 10.5 Å². The summed E-state index contributed by atoms with van der Waals surface area (Å²) < 4.78 is 0. The zero-order valence-corrected chi connectivity index (χ0v) is 16.0. The molecule has 0 fully saturated rings. The van der Waals surface area contributed by atoms with Crippen LogP contribution in [0.2, 0.25) is 5.02 Å². The van der Waals surface area contributed by atoms with E-state index in [9.17, 15) is 9.59 Å². The lowest BCUT2D eigenvalue weighted by Gasteiger charge is -2.21. The van der Waals surface area contributed by atoms with Gasteiger partial charge in [-0.1, -0.05) is 31.5 Å². The number of hydrogen-bond donors (Lipinski definition) is 3. The highest BCUT2D eigenvalue weighted by Crippen LogP contribution is 2.19. The lowest BCUT2D eigenvalue weighted by molar-refractivity contribution is -0.881. The molecule has 0 aromatic heterocycles. The van der Waals surface area contributed by atoms with Crippen LogP contribution >= 0.6 is 11.6 Å². The lowest BCUT2D eigenvalue weighted by atomic mass is 10.1. The van der Waals surface area contributed by atoms with Crippen molar-refractivity contribution in [2.75, 3.05) is 25.0 Å². The molecule has 1 unspecified atom stereocenters. The van der Waals surface area contributed by atoms with E-state index in [2.05, 4.69) is 24.5 Å². The molecular formula is C18H29ClN3O2+. The minimum Gasteiger partial charge on any atom is -0.348 e. The summed E-state index contributed by atoms with van der Waals surface area (Å²) in [6.07, 6.45) is 0. The van der Waals surface area contributed by atoms with Gasteiger partial charge in [-0.05, 0) is 44.4 Å². The quantitative estimate of drug-likeness (QED) is 0.664. The van der Waals surface area contributed by atoms with Gasteiger partial charge in [0.25, 0.3) is 11.8 Å². The number of aryl methyl sites for hydroxylation is 1. The number of nitrogens with one attached hydrogen (secondary N) is 3. The summed E-state index contributed by atoms with van der Waals surface area (Å²) >= 11 is 5.97. The Morgan fingerprint density at radius 2 is 1.79 bits per heavy atom. The highest BCUT2D eigenvalue weighted by Gasteiger charge is 2.19. The van der Waals surface area contributed by atoms with Crippen molar-refractivity contribution in [3.63, 3.8) is 0 Å². The molecule has 0 spiro atoms. The summed E-state index contributed by atoms with van der Waals surface area (Å²) in [5.41, 5.74) is 1.66. The maximum Gasteiger partial charge on any atom is 0.279 e. The predicted octanol–water partition coefficient (Wildman–Crippen LogP) is 1.65. The molecule has 134 valence electrons. The third kappa shape index (κ3) is 6.89. The monoisotopic (exact) mass is 354 g/mol. The van der Waals surface area contributed by atoms with Crippen LogP contribution in [0.4, 0.5) is 5.69 Å². The standard InChI is InChI=1S/C18H28ClN3O2/c1-6-22(10-17(23)20-14(5)12(2)3)11-18(24)21-16-9-15(19)8-7-13(16)4/h7-9,12,14H,6,10-11H2,1-5H3,(H,20,23)(H,21,24)/p+1/t14-/m1/s1. The van der Waals surface area contributed by atoms with Crippen LogP contribution in [0.25, 0.3) is 0 Å². The Morgan fingerprint density at radius 3 is 2.38 bits per heavy atom. The second-order valence-corrected chi connectivity index (χ2v) is 7.00. The Balaban J connectivity index is 2.56. The number of quaternary nitrogens is 1. The molecule has 0 aliphatic carbocycles. The molecule has 24 heavy (non-hydrogen) atoms. The number of likely N-dealkylation sites (N-methyl/N-ethyl adjacent to an activating group) is 1. The fraction of sp³-hybridized carbons (Fsp3) is 0.556. The Kier molecular flexibility index (Phi) is 8.22. The number of halogens is 1. The normalized spacial score (nSPS) is 13.5. The fourth-order valence-corrected chi connectivity index (χ4v) is 2.33. The zero-order valence-electron chi connectivity index (χ0n) is 15.2. The largest absolute Gasteiger partial charge is 0.348 e. The minimum atomic E-state index is -0.123. The molecule has 5 nitrogen and oxygen atoms in total. The first-order valence-corrected chi connectivity index (χ1v) is 8.79. The van der Waals surface area contributed by atoms with Crippen molar-refractivity contribution in [3.8, 4) is 0 Å². The topological polar surface area (TPSA) is 62.6 Å². The Hall–Kier alpha value is -1.59. The molecule has 1 rings (SSSR count). The van der Waals surface area contributed by atoms with Gasteiger partial charge in [0.2, 0.25) is 0 Å². The Bertz CT molecular complexity index is 575. The van der Waals surface area contributed by atoms with Crippen LogP contribution in [0.15, 0.2) is 18.2 Å². The van der Waals surface area contributed by atoms with Gasteiger partial charge < -0.3 is 15.5 Å². The molecule has 2 atom stereocenters. The molecule has 0 radical (unpaired) electrons. The van der Waals surface area contributed by atoms with Gasteiger partial charge in [0.05, 0.1) is 6.54 Å². The van der Waals surface area contributed by atoms with E-state index in [1.165, 1.54) is 0 Å². The highest BCUT2D eigenvalue weighted by molar-refractivity contribution is 6.31. The van der Waals surface area contributed by atoms with Gasteiger partial charge in [-0.2, -0.15) is 0 Å². The molecule has 6 heteroatoms. The van der Waals surface area contributed by atoms with Crippen molar-refractivity contribution in [2.24, 2.45) is 5.92 Å². The SMILES string of the molecule is CC[NH+](CC(=O)Nc1cc(Cl)ccc1C)CC(=O)N[C@H](C)C(C)C. The summed E-state index contributed by atoms with van der Waals surface area (Å²) in [5, 5.41) is 6.43. The summed E-state index contributed by atoms with van der Waals surface area (Å²) in [6, 6.07) is 5.51. The van der Waals surface area contributed by atoms with E-state index in [-0.39, 0.29) is 30.9 Å². The van der Waals surface area contributed by atoms with Gasteiger partial charge in [-0.3, -0.25) is 9.59 Å². The van der Waals surface area contributed by atoms with E-state index in [1.54, 1.807) is 12.1 Å². The fourth-order valence-electron chi connectivity index (χ4n) is 2.16. The summed E-state index contributed by atoms with van der Waals surface area (Å²) in [4.78, 5) is 25.3. The molecule has 0 heterocycles. The first-order valence-electron chi connectivity index (χ1n) is 8.41. The van der Waals surface area contributed by atoms with Crippen LogP contribution in [0.1, 0.15) is 33.3 Å². The lowest BCUT2D eigenvalue weighted by Crippen LogP contribution is -3.14. The second kappa shape index (κ2) is 9.64. The van der Waals surface area contributed by atoms with Crippen LogP contribution in [0, 0.1) is 12.8 Å².